The van der Waals surface area contributed by atoms with E-state index in [1.165, 1.54) is 71.2 Å². The molecule has 5 aromatic carbocycles. The van der Waals surface area contributed by atoms with E-state index in [-0.39, 0.29) is 21.7 Å². The van der Waals surface area contributed by atoms with Crippen molar-refractivity contribution in [3.63, 3.8) is 0 Å². The monoisotopic (exact) mass is 608 g/mol. The third kappa shape index (κ3) is 2.94. The number of benzene rings is 5. The van der Waals surface area contributed by atoms with Crippen molar-refractivity contribution in [3.05, 3.63) is 152 Å². The van der Waals surface area contributed by atoms with Crippen LogP contribution in [0.1, 0.15) is 86.1 Å². The molecule has 0 bridgehead atoms. The Bertz CT molecular complexity index is 1900. The van der Waals surface area contributed by atoms with Gasteiger partial charge in [-0.25, -0.2) is 0 Å². The summed E-state index contributed by atoms with van der Waals surface area (Å²) in [7, 11) is 0. The van der Waals surface area contributed by atoms with Crippen LogP contribution in [-0.4, -0.2) is 0 Å². The van der Waals surface area contributed by atoms with E-state index in [2.05, 4.69) is 161 Å². The summed E-state index contributed by atoms with van der Waals surface area (Å²) >= 11 is 4.05. The van der Waals surface area contributed by atoms with Gasteiger partial charge in [0.15, 0.2) is 0 Å². The Morgan fingerprint density at radius 3 is 1.55 bits per heavy atom. The summed E-state index contributed by atoms with van der Waals surface area (Å²) in [5, 5.41) is 0. The normalized spacial score (nSPS) is 18.7. The van der Waals surface area contributed by atoms with Crippen molar-refractivity contribution in [2.24, 2.45) is 5.41 Å². The van der Waals surface area contributed by atoms with Gasteiger partial charge in [0.05, 0.1) is 5.41 Å². The first-order chi connectivity index (χ1) is 20.0. The van der Waals surface area contributed by atoms with Gasteiger partial charge in [-0.15, -0.1) is 0 Å². The van der Waals surface area contributed by atoms with E-state index in [0.29, 0.717) is 0 Å². The van der Waals surface area contributed by atoms with E-state index < -0.39 is 0 Å². The van der Waals surface area contributed by atoms with Crippen LogP contribution >= 0.6 is 15.9 Å². The second-order valence-corrected chi connectivity index (χ2v) is 15.1. The summed E-state index contributed by atoms with van der Waals surface area (Å²) in [4.78, 5) is 0. The molecule has 0 N–H and O–H groups in total. The third-order valence-corrected chi connectivity index (χ3v) is 12.9. The van der Waals surface area contributed by atoms with Crippen molar-refractivity contribution in [1.29, 1.82) is 0 Å². The number of rotatable bonds is 2. The Morgan fingerprint density at radius 2 is 0.952 bits per heavy atom. The van der Waals surface area contributed by atoms with Gasteiger partial charge in [-0.3, -0.25) is 0 Å². The highest BCUT2D eigenvalue weighted by Crippen LogP contribution is 2.64. The minimum atomic E-state index is -0.291. The molecule has 1 spiro atoms. The van der Waals surface area contributed by atoms with Crippen LogP contribution < -0.4 is 0 Å². The topological polar surface area (TPSA) is 0 Å². The molecule has 1 heteroatoms. The highest BCUT2D eigenvalue weighted by Gasteiger charge is 2.57. The lowest BCUT2D eigenvalue weighted by molar-refractivity contribution is 0.125. The predicted octanol–water partition coefficient (Wildman–Crippen LogP) is 11.0. The molecule has 0 aliphatic heterocycles. The Labute approximate surface area is 259 Å². The summed E-state index contributed by atoms with van der Waals surface area (Å²) in [5.74, 6) is 0. The Hall–Kier alpha value is -3.42. The molecule has 8 rings (SSSR count). The maximum atomic E-state index is 4.05. The molecule has 0 nitrogen and oxygen atoms in total. The number of halogens is 1. The van der Waals surface area contributed by atoms with Gasteiger partial charge in [-0.05, 0) is 95.5 Å². The molecule has 0 fully saturated rings. The lowest BCUT2D eigenvalue weighted by Gasteiger charge is -2.44. The smallest absolute Gasteiger partial charge is 0.0619 e. The van der Waals surface area contributed by atoms with Crippen LogP contribution in [0.3, 0.4) is 0 Å². The first-order valence-corrected chi connectivity index (χ1v) is 16.1. The van der Waals surface area contributed by atoms with E-state index in [0.717, 1.165) is 6.42 Å². The molecule has 0 atom stereocenters. The molecule has 208 valence electrons. The van der Waals surface area contributed by atoms with Gasteiger partial charge in [-0.2, -0.15) is 0 Å². The molecule has 3 aliphatic rings. The molecule has 42 heavy (non-hydrogen) atoms. The van der Waals surface area contributed by atoms with Crippen molar-refractivity contribution in [2.45, 2.75) is 64.2 Å². The van der Waals surface area contributed by atoms with Gasteiger partial charge >= 0.3 is 0 Å². The Balaban J connectivity index is 1.36. The quantitative estimate of drug-likeness (QED) is 0.183. The SMILES string of the molecule is CC1(C)c2cc(Br)c(Cc3cccc4c3-c3ccccc3C43c4ccccc4-c4ccccc43)cc2C(C)(C)C1(C)C. The molecule has 0 radical (unpaired) electrons. The maximum absolute atomic E-state index is 4.05. The molecule has 3 aliphatic carbocycles. The lowest BCUT2D eigenvalue weighted by Crippen LogP contribution is -2.42. The summed E-state index contributed by atoms with van der Waals surface area (Å²) < 4.78 is 1.22. The second-order valence-electron chi connectivity index (χ2n) is 14.3. The highest BCUT2D eigenvalue weighted by molar-refractivity contribution is 9.10. The third-order valence-electron chi connectivity index (χ3n) is 12.1. The molecule has 0 heterocycles. The fraction of sp³-hybridized carbons (Fsp3) is 0.268. The molecule has 0 unspecified atom stereocenters. The standard InChI is InChI=1S/C41H37Br/c1-38(2)34-23-26(36(42)24-35(34)39(3,4)40(38,5)6)22-25-14-13-21-33-37(25)29-17-9-12-20-32(29)41(33)30-18-10-7-15-27(30)28-16-8-11-19-31(28)41/h7-21,23-24H,22H2,1-6H3. The molecule has 0 aromatic heterocycles. The zero-order valence-corrected chi connectivity index (χ0v) is 27.0. The Kier molecular flexibility index (Phi) is 5.22. The molecule has 0 saturated heterocycles. The van der Waals surface area contributed by atoms with Crippen LogP contribution in [-0.2, 0) is 22.7 Å². The first-order valence-electron chi connectivity index (χ1n) is 15.3. The molecule has 0 saturated carbocycles. The lowest BCUT2D eigenvalue weighted by atomic mass is 9.59. The zero-order chi connectivity index (χ0) is 29.2. The van der Waals surface area contributed by atoms with E-state index in [4.69, 9.17) is 0 Å². The highest BCUT2D eigenvalue weighted by atomic mass is 79.9. The van der Waals surface area contributed by atoms with Gasteiger partial charge in [0.2, 0.25) is 0 Å². The van der Waals surface area contributed by atoms with E-state index >= 15 is 0 Å². The van der Waals surface area contributed by atoms with Crippen LogP contribution in [0.5, 0.6) is 0 Å². The summed E-state index contributed by atoms with van der Waals surface area (Å²) in [6.45, 7) is 14.6. The van der Waals surface area contributed by atoms with Crippen LogP contribution in [0, 0.1) is 5.41 Å². The molecule has 0 amide bonds. The van der Waals surface area contributed by atoms with E-state index in [1.807, 2.05) is 0 Å². The van der Waals surface area contributed by atoms with Gasteiger partial charge in [0.25, 0.3) is 0 Å². The van der Waals surface area contributed by atoms with Crippen LogP contribution in [0.4, 0.5) is 0 Å². The van der Waals surface area contributed by atoms with E-state index in [9.17, 15) is 0 Å². The molecular weight excluding hydrogens is 572 g/mol. The van der Waals surface area contributed by atoms with Crippen molar-refractivity contribution in [2.75, 3.05) is 0 Å². The maximum Gasteiger partial charge on any atom is 0.0725 e. The van der Waals surface area contributed by atoms with Crippen LogP contribution in [0.2, 0.25) is 0 Å². The van der Waals surface area contributed by atoms with Crippen LogP contribution in [0.15, 0.2) is 108 Å². The van der Waals surface area contributed by atoms with Crippen molar-refractivity contribution in [1.82, 2.24) is 0 Å². The summed E-state index contributed by atoms with van der Waals surface area (Å²) in [5.41, 5.74) is 16.9. The second kappa shape index (κ2) is 8.35. The van der Waals surface area contributed by atoms with Crippen molar-refractivity contribution < 1.29 is 0 Å². The van der Waals surface area contributed by atoms with Crippen LogP contribution in [0.25, 0.3) is 22.3 Å². The van der Waals surface area contributed by atoms with Gasteiger partial charge in [-0.1, -0.05) is 155 Å². The van der Waals surface area contributed by atoms with Gasteiger partial charge < -0.3 is 0 Å². The van der Waals surface area contributed by atoms with Gasteiger partial charge in [0, 0.05) is 4.47 Å². The van der Waals surface area contributed by atoms with Crippen molar-refractivity contribution >= 4 is 15.9 Å². The number of hydrogen-bond donors (Lipinski definition) is 0. The fourth-order valence-corrected chi connectivity index (χ4v) is 9.30. The predicted molar refractivity (Wildman–Crippen MR) is 180 cm³/mol. The van der Waals surface area contributed by atoms with Gasteiger partial charge in [0.1, 0.15) is 0 Å². The minimum Gasteiger partial charge on any atom is -0.0619 e. The molecule has 5 aromatic rings. The van der Waals surface area contributed by atoms with Crippen molar-refractivity contribution in [3.8, 4) is 22.3 Å². The largest absolute Gasteiger partial charge is 0.0725 e. The average molecular weight is 610 g/mol. The zero-order valence-electron chi connectivity index (χ0n) is 25.4. The first kappa shape index (κ1) is 26.2. The average Bonchev–Trinajstić information content (AvgIpc) is 3.48. The number of hydrogen-bond acceptors (Lipinski definition) is 0. The minimum absolute atomic E-state index is 0.0772. The summed E-state index contributed by atoms with van der Waals surface area (Å²) in [6, 6.07) is 39.3. The number of fused-ring (bicyclic) bond motifs is 11. The Morgan fingerprint density at radius 1 is 0.476 bits per heavy atom. The molecular formula is C41H37Br. The summed E-state index contributed by atoms with van der Waals surface area (Å²) in [6.07, 6.45) is 0.891. The van der Waals surface area contributed by atoms with E-state index in [1.54, 1.807) is 0 Å². The fourth-order valence-electron chi connectivity index (χ4n) is 8.81.